The molecule has 15 heavy (non-hydrogen) atoms. The molecule has 0 radical (unpaired) electrons. The van der Waals surface area contributed by atoms with E-state index in [0.717, 1.165) is 11.8 Å². The van der Waals surface area contributed by atoms with Crippen LogP contribution in [0, 0.1) is 5.92 Å². The second-order valence-electron chi connectivity index (χ2n) is 4.49. The van der Waals surface area contributed by atoms with Gasteiger partial charge in [0.25, 0.3) is 0 Å². The van der Waals surface area contributed by atoms with Crippen molar-refractivity contribution in [2.75, 3.05) is 0 Å². The minimum Gasteiger partial charge on any atom is -0.0876 e. The highest BCUT2D eigenvalue weighted by atomic mass is 14.3. The summed E-state index contributed by atoms with van der Waals surface area (Å²) >= 11 is 0. The van der Waals surface area contributed by atoms with Crippen molar-refractivity contribution in [2.24, 2.45) is 5.92 Å². The number of hydrogen-bond donors (Lipinski definition) is 0. The Morgan fingerprint density at radius 3 is 2.73 bits per heavy atom. The number of unbranched alkanes of at least 4 members (excludes halogenated alkanes) is 1. The van der Waals surface area contributed by atoms with Crippen molar-refractivity contribution < 1.29 is 0 Å². The van der Waals surface area contributed by atoms with Gasteiger partial charge in [-0.3, -0.25) is 0 Å². The maximum absolute atomic E-state index is 2.42. The number of allylic oxidation sites excluding steroid dienone is 2. The molecule has 80 valence electrons. The van der Waals surface area contributed by atoms with Crippen LogP contribution in [0.2, 0.25) is 0 Å². The second kappa shape index (κ2) is 5.16. The highest BCUT2D eigenvalue weighted by Gasteiger charge is 2.23. The Morgan fingerprint density at radius 2 is 2.00 bits per heavy atom. The maximum atomic E-state index is 2.42. The van der Waals surface area contributed by atoms with Crippen LogP contribution in [-0.2, 0) is 0 Å². The summed E-state index contributed by atoms with van der Waals surface area (Å²) < 4.78 is 0. The van der Waals surface area contributed by atoms with Crippen LogP contribution in [0.5, 0.6) is 0 Å². The lowest BCUT2D eigenvalue weighted by Crippen LogP contribution is -2.06. The van der Waals surface area contributed by atoms with Crippen LogP contribution in [0.4, 0.5) is 0 Å². The normalized spacial score (nSPS) is 24.6. The average Bonchev–Trinajstić information content (AvgIpc) is 2.75. The lowest BCUT2D eigenvalue weighted by atomic mass is 9.85. The average molecular weight is 200 g/mol. The van der Waals surface area contributed by atoms with E-state index in [-0.39, 0.29) is 0 Å². The van der Waals surface area contributed by atoms with Crippen LogP contribution < -0.4 is 0 Å². The smallest absolute Gasteiger partial charge is 0.00645 e. The minimum atomic E-state index is 0.748. The van der Waals surface area contributed by atoms with Gasteiger partial charge < -0.3 is 0 Å². The molecular formula is C15H20. The first kappa shape index (κ1) is 10.5. The molecule has 0 aliphatic heterocycles. The molecule has 0 unspecified atom stereocenters. The summed E-state index contributed by atoms with van der Waals surface area (Å²) in [6.07, 6.45) is 10.0. The third kappa shape index (κ3) is 2.50. The first-order valence-electron chi connectivity index (χ1n) is 6.13. The van der Waals surface area contributed by atoms with E-state index in [1.54, 1.807) is 0 Å². The third-order valence-electron chi connectivity index (χ3n) is 3.41. The molecule has 0 amide bonds. The van der Waals surface area contributed by atoms with E-state index >= 15 is 0 Å². The predicted molar refractivity (Wildman–Crippen MR) is 66.0 cm³/mol. The van der Waals surface area contributed by atoms with Crippen LogP contribution in [0.3, 0.4) is 0 Å². The zero-order valence-corrected chi connectivity index (χ0v) is 9.52. The Balaban J connectivity index is 2.03. The van der Waals surface area contributed by atoms with Crippen molar-refractivity contribution in [1.82, 2.24) is 0 Å². The van der Waals surface area contributed by atoms with Gasteiger partial charge in [-0.25, -0.2) is 0 Å². The molecule has 2 rings (SSSR count). The largest absolute Gasteiger partial charge is 0.0876 e. The Morgan fingerprint density at radius 1 is 1.20 bits per heavy atom. The Bertz CT molecular complexity index is 310. The predicted octanol–water partition coefficient (Wildman–Crippen LogP) is 4.54. The molecule has 1 aliphatic rings. The molecule has 0 heteroatoms. The highest BCUT2D eigenvalue weighted by molar-refractivity contribution is 5.25. The topological polar surface area (TPSA) is 0 Å². The SMILES string of the molecule is CCCC[C@H]1C=CC[C@H]1c1ccccc1. The van der Waals surface area contributed by atoms with Crippen LogP contribution >= 0.6 is 0 Å². The van der Waals surface area contributed by atoms with E-state index in [2.05, 4.69) is 49.4 Å². The summed E-state index contributed by atoms with van der Waals surface area (Å²) in [7, 11) is 0. The van der Waals surface area contributed by atoms with Crippen LogP contribution in [0.15, 0.2) is 42.5 Å². The van der Waals surface area contributed by atoms with E-state index in [1.165, 1.54) is 31.2 Å². The highest BCUT2D eigenvalue weighted by Crippen LogP contribution is 2.37. The van der Waals surface area contributed by atoms with Crippen molar-refractivity contribution in [2.45, 2.75) is 38.5 Å². The molecule has 1 aromatic rings. The molecule has 0 bridgehead atoms. The van der Waals surface area contributed by atoms with E-state index in [1.807, 2.05) is 0 Å². The van der Waals surface area contributed by atoms with Gasteiger partial charge in [0.2, 0.25) is 0 Å². The molecule has 0 fully saturated rings. The van der Waals surface area contributed by atoms with Gasteiger partial charge in [-0.2, -0.15) is 0 Å². The Kier molecular flexibility index (Phi) is 3.60. The van der Waals surface area contributed by atoms with Gasteiger partial charge in [0.15, 0.2) is 0 Å². The van der Waals surface area contributed by atoms with Crippen LogP contribution in [0.1, 0.15) is 44.1 Å². The molecule has 0 N–H and O–H groups in total. The zero-order chi connectivity index (χ0) is 10.5. The summed E-state index contributed by atoms with van der Waals surface area (Å²) in [5, 5.41) is 0. The third-order valence-corrected chi connectivity index (χ3v) is 3.41. The van der Waals surface area contributed by atoms with Crippen molar-refractivity contribution in [3.05, 3.63) is 48.0 Å². The summed E-state index contributed by atoms with van der Waals surface area (Å²) in [5.74, 6) is 1.53. The maximum Gasteiger partial charge on any atom is -0.00645 e. The van der Waals surface area contributed by atoms with Gasteiger partial charge in [0.1, 0.15) is 0 Å². The summed E-state index contributed by atoms with van der Waals surface area (Å²) in [6, 6.07) is 11.0. The van der Waals surface area contributed by atoms with E-state index in [9.17, 15) is 0 Å². The molecule has 1 aromatic carbocycles. The van der Waals surface area contributed by atoms with Gasteiger partial charge in [0, 0.05) is 0 Å². The summed E-state index contributed by atoms with van der Waals surface area (Å²) in [6.45, 7) is 2.27. The Labute approximate surface area is 93.0 Å². The molecule has 0 saturated carbocycles. The van der Waals surface area contributed by atoms with E-state index < -0.39 is 0 Å². The first-order chi connectivity index (χ1) is 7.42. The monoisotopic (exact) mass is 200 g/mol. The van der Waals surface area contributed by atoms with Crippen LogP contribution in [0.25, 0.3) is 0 Å². The minimum absolute atomic E-state index is 0.748. The lowest BCUT2D eigenvalue weighted by Gasteiger charge is -2.19. The molecular weight excluding hydrogens is 180 g/mol. The molecule has 1 aliphatic carbocycles. The van der Waals surface area contributed by atoms with Gasteiger partial charge in [-0.05, 0) is 30.2 Å². The summed E-state index contributed by atoms with van der Waals surface area (Å²) in [4.78, 5) is 0. The molecule has 0 aromatic heterocycles. The fraction of sp³-hybridized carbons (Fsp3) is 0.467. The fourth-order valence-electron chi connectivity index (χ4n) is 2.53. The van der Waals surface area contributed by atoms with Gasteiger partial charge in [-0.1, -0.05) is 62.2 Å². The summed E-state index contributed by atoms with van der Waals surface area (Å²) in [5.41, 5.74) is 1.52. The van der Waals surface area contributed by atoms with Gasteiger partial charge in [-0.15, -0.1) is 0 Å². The molecule has 0 nitrogen and oxygen atoms in total. The zero-order valence-electron chi connectivity index (χ0n) is 9.52. The van der Waals surface area contributed by atoms with E-state index in [0.29, 0.717) is 0 Å². The Hall–Kier alpha value is -1.04. The molecule has 0 heterocycles. The standard InChI is InChI=1S/C15H20/c1-2-3-8-13-11-7-12-15(13)14-9-5-4-6-10-14/h4-7,9-11,13,15H,2-3,8,12H2,1H3/t13-,15+/m0/s1. The van der Waals surface area contributed by atoms with Gasteiger partial charge >= 0.3 is 0 Å². The number of hydrogen-bond acceptors (Lipinski definition) is 0. The van der Waals surface area contributed by atoms with Gasteiger partial charge in [0.05, 0.1) is 0 Å². The molecule has 0 saturated heterocycles. The van der Waals surface area contributed by atoms with Crippen LogP contribution in [-0.4, -0.2) is 0 Å². The number of benzene rings is 1. The molecule has 0 spiro atoms. The number of rotatable bonds is 4. The van der Waals surface area contributed by atoms with Crippen molar-refractivity contribution in [3.63, 3.8) is 0 Å². The lowest BCUT2D eigenvalue weighted by molar-refractivity contribution is 0.484. The van der Waals surface area contributed by atoms with Crippen molar-refractivity contribution in [1.29, 1.82) is 0 Å². The van der Waals surface area contributed by atoms with Crippen molar-refractivity contribution in [3.8, 4) is 0 Å². The fourth-order valence-corrected chi connectivity index (χ4v) is 2.53. The first-order valence-corrected chi connectivity index (χ1v) is 6.13. The second-order valence-corrected chi connectivity index (χ2v) is 4.49. The van der Waals surface area contributed by atoms with Crippen molar-refractivity contribution >= 4 is 0 Å². The quantitative estimate of drug-likeness (QED) is 0.626. The van der Waals surface area contributed by atoms with E-state index in [4.69, 9.17) is 0 Å². The molecule has 2 atom stereocenters.